The van der Waals surface area contributed by atoms with Crippen molar-refractivity contribution in [2.24, 2.45) is 0 Å². The quantitative estimate of drug-likeness (QED) is 0.506. The first-order valence-electron chi connectivity index (χ1n) is 8.86. The van der Waals surface area contributed by atoms with Crippen molar-refractivity contribution in [3.05, 3.63) is 74.8 Å². The summed E-state index contributed by atoms with van der Waals surface area (Å²) in [6, 6.07) is 5.38. The van der Waals surface area contributed by atoms with Crippen LogP contribution >= 0.6 is 11.6 Å². The van der Waals surface area contributed by atoms with E-state index in [0.29, 0.717) is 10.9 Å². The molecule has 0 aliphatic rings. The van der Waals surface area contributed by atoms with Crippen LogP contribution in [0.4, 0.5) is 13.2 Å². The van der Waals surface area contributed by atoms with Crippen LogP contribution in [0.25, 0.3) is 5.82 Å². The minimum absolute atomic E-state index is 0.0400. The van der Waals surface area contributed by atoms with Gasteiger partial charge in [-0.1, -0.05) is 11.6 Å². The maximum atomic E-state index is 12.7. The number of rotatable bonds is 5. The Morgan fingerprint density at radius 2 is 1.61 bits per heavy atom. The lowest BCUT2D eigenvalue weighted by molar-refractivity contribution is -0.137. The van der Waals surface area contributed by atoms with Crippen molar-refractivity contribution >= 4 is 23.5 Å². The standard InChI is InChI=1S/C20H13ClF3N3O6/c1-31-18(29)10-5-11(19(30)32-2)7-13(6-10)33-14-9-26-27(17(28)16(14)21)15-4-3-12(8-25-15)20(22,23)24/h3-9H,1-2H3. The Labute approximate surface area is 188 Å². The number of methoxy groups -OCH3 is 2. The molecule has 33 heavy (non-hydrogen) atoms. The smallest absolute Gasteiger partial charge is 0.417 e. The molecule has 0 N–H and O–H groups in total. The molecular weight excluding hydrogens is 471 g/mol. The van der Waals surface area contributed by atoms with E-state index >= 15 is 0 Å². The van der Waals surface area contributed by atoms with Gasteiger partial charge < -0.3 is 14.2 Å². The van der Waals surface area contributed by atoms with E-state index in [-0.39, 0.29) is 28.4 Å². The lowest BCUT2D eigenvalue weighted by Gasteiger charge is -2.12. The SMILES string of the molecule is COC(=O)c1cc(Oc2cnn(-c3ccc(C(F)(F)F)cn3)c(=O)c2Cl)cc(C(=O)OC)c1. The monoisotopic (exact) mass is 483 g/mol. The molecule has 0 unspecified atom stereocenters. The van der Waals surface area contributed by atoms with Gasteiger partial charge >= 0.3 is 18.1 Å². The Hall–Kier alpha value is -3.93. The minimum Gasteiger partial charge on any atom is -0.465 e. The van der Waals surface area contributed by atoms with E-state index in [9.17, 15) is 27.6 Å². The van der Waals surface area contributed by atoms with Gasteiger partial charge in [0, 0.05) is 6.20 Å². The van der Waals surface area contributed by atoms with Crippen molar-refractivity contribution in [3.63, 3.8) is 0 Å². The van der Waals surface area contributed by atoms with Crippen LogP contribution in [0.2, 0.25) is 5.02 Å². The molecule has 0 saturated carbocycles. The number of hydrogen-bond donors (Lipinski definition) is 0. The van der Waals surface area contributed by atoms with Gasteiger partial charge in [0.2, 0.25) is 0 Å². The van der Waals surface area contributed by atoms with E-state index in [1.165, 1.54) is 18.2 Å². The molecule has 9 nitrogen and oxygen atoms in total. The van der Waals surface area contributed by atoms with Gasteiger partial charge in [-0.15, -0.1) is 0 Å². The van der Waals surface area contributed by atoms with Gasteiger partial charge in [0.15, 0.2) is 16.6 Å². The summed E-state index contributed by atoms with van der Waals surface area (Å²) in [5, 5.41) is 3.34. The number of ether oxygens (including phenoxy) is 3. The fourth-order valence-electron chi connectivity index (χ4n) is 2.59. The number of carbonyl (C=O) groups is 2. The molecule has 0 amide bonds. The van der Waals surface area contributed by atoms with Gasteiger partial charge in [0.05, 0.1) is 37.1 Å². The Kier molecular flexibility index (Phi) is 6.68. The average molecular weight is 484 g/mol. The third kappa shape index (κ3) is 5.12. The molecule has 13 heteroatoms. The summed E-state index contributed by atoms with van der Waals surface area (Å²) >= 11 is 6.07. The number of esters is 2. The van der Waals surface area contributed by atoms with Crippen molar-refractivity contribution in [1.29, 1.82) is 0 Å². The zero-order valence-electron chi connectivity index (χ0n) is 16.8. The van der Waals surface area contributed by atoms with E-state index in [0.717, 1.165) is 32.5 Å². The molecule has 172 valence electrons. The summed E-state index contributed by atoms with van der Waals surface area (Å²) in [6.45, 7) is 0. The van der Waals surface area contributed by atoms with Crippen molar-refractivity contribution in [2.45, 2.75) is 6.18 Å². The molecule has 0 aliphatic heterocycles. The molecule has 0 radical (unpaired) electrons. The van der Waals surface area contributed by atoms with Crippen molar-refractivity contribution in [1.82, 2.24) is 14.8 Å². The van der Waals surface area contributed by atoms with Gasteiger partial charge in [0.25, 0.3) is 5.56 Å². The zero-order valence-corrected chi connectivity index (χ0v) is 17.6. The summed E-state index contributed by atoms with van der Waals surface area (Å²) in [7, 11) is 2.28. The van der Waals surface area contributed by atoms with Crippen LogP contribution in [0, 0.1) is 0 Å². The third-order valence-electron chi connectivity index (χ3n) is 4.16. The number of hydrogen-bond acceptors (Lipinski definition) is 8. The molecular formula is C20H13ClF3N3O6. The lowest BCUT2D eigenvalue weighted by atomic mass is 10.1. The summed E-state index contributed by atoms with van der Waals surface area (Å²) in [5.41, 5.74) is -2.01. The third-order valence-corrected chi connectivity index (χ3v) is 4.50. The van der Waals surface area contributed by atoms with E-state index in [2.05, 4.69) is 19.6 Å². The molecule has 1 aromatic carbocycles. The molecule has 0 spiro atoms. The van der Waals surface area contributed by atoms with Crippen LogP contribution in [0.1, 0.15) is 26.3 Å². The number of halogens is 4. The number of alkyl halides is 3. The van der Waals surface area contributed by atoms with Gasteiger partial charge in [-0.2, -0.15) is 23.0 Å². The highest BCUT2D eigenvalue weighted by Crippen LogP contribution is 2.30. The maximum Gasteiger partial charge on any atom is 0.417 e. The Balaban J connectivity index is 1.98. The predicted octanol–water partition coefficient (Wildman–Crippen LogP) is 3.67. The van der Waals surface area contributed by atoms with Crippen LogP contribution in [-0.4, -0.2) is 40.9 Å². The second kappa shape index (κ2) is 9.28. The molecule has 3 rings (SSSR count). The van der Waals surface area contributed by atoms with Crippen LogP contribution in [0.3, 0.4) is 0 Å². The van der Waals surface area contributed by atoms with Crippen molar-refractivity contribution in [2.75, 3.05) is 14.2 Å². The Bertz CT molecular complexity index is 1240. The van der Waals surface area contributed by atoms with Crippen LogP contribution < -0.4 is 10.3 Å². The first kappa shape index (κ1) is 23.7. The normalized spacial score (nSPS) is 11.1. The van der Waals surface area contributed by atoms with Gasteiger partial charge in [-0.25, -0.2) is 14.6 Å². The predicted molar refractivity (Wildman–Crippen MR) is 107 cm³/mol. The van der Waals surface area contributed by atoms with Gasteiger partial charge in [-0.05, 0) is 30.3 Å². The number of benzene rings is 1. The second-order valence-corrected chi connectivity index (χ2v) is 6.65. The topological polar surface area (TPSA) is 110 Å². The number of carbonyl (C=O) groups excluding carboxylic acids is 2. The Morgan fingerprint density at radius 1 is 1.00 bits per heavy atom. The van der Waals surface area contributed by atoms with E-state index < -0.39 is 34.3 Å². The van der Waals surface area contributed by atoms with Crippen molar-refractivity contribution in [3.8, 4) is 17.3 Å². The summed E-state index contributed by atoms with van der Waals surface area (Å²) in [5.74, 6) is -2.05. The average Bonchev–Trinajstić information content (AvgIpc) is 2.80. The number of nitrogens with zero attached hydrogens (tertiary/aromatic N) is 3. The first-order valence-corrected chi connectivity index (χ1v) is 9.24. The molecule has 2 heterocycles. The second-order valence-electron chi connectivity index (χ2n) is 6.27. The zero-order chi connectivity index (χ0) is 24.3. The molecule has 3 aromatic rings. The lowest BCUT2D eigenvalue weighted by Crippen LogP contribution is -2.23. The molecule has 0 atom stereocenters. The minimum atomic E-state index is -4.60. The fraction of sp³-hybridized carbons (Fsp3) is 0.150. The Morgan fingerprint density at radius 3 is 2.09 bits per heavy atom. The van der Waals surface area contributed by atoms with E-state index in [4.69, 9.17) is 16.3 Å². The molecule has 0 aliphatic carbocycles. The van der Waals surface area contributed by atoms with Crippen LogP contribution in [0.15, 0.2) is 47.5 Å². The summed E-state index contributed by atoms with van der Waals surface area (Å²) in [4.78, 5) is 40.0. The number of pyridine rings is 1. The first-order chi connectivity index (χ1) is 15.5. The molecule has 2 aromatic heterocycles. The largest absolute Gasteiger partial charge is 0.465 e. The van der Waals surface area contributed by atoms with Crippen molar-refractivity contribution < 1.29 is 37.0 Å². The highest BCUT2D eigenvalue weighted by atomic mass is 35.5. The molecule has 0 bridgehead atoms. The molecule has 0 saturated heterocycles. The van der Waals surface area contributed by atoms with Gasteiger partial charge in [-0.3, -0.25) is 4.79 Å². The van der Waals surface area contributed by atoms with Crippen LogP contribution in [0.5, 0.6) is 11.5 Å². The van der Waals surface area contributed by atoms with Crippen LogP contribution in [-0.2, 0) is 15.7 Å². The summed E-state index contributed by atoms with van der Waals surface area (Å²) < 4.78 is 53.6. The maximum absolute atomic E-state index is 12.7. The highest BCUT2D eigenvalue weighted by Gasteiger charge is 2.30. The number of aromatic nitrogens is 3. The highest BCUT2D eigenvalue weighted by molar-refractivity contribution is 6.31. The summed E-state index contributed by atoms with van der Waals surface area (Å²) in [6.07, 6.45) is -3.03. The van der Waals surface area contributed by atoms with E-state index in [1.807, 2.05) is 0 Å². The van der Waals surface area contributed by atoms with E-state index in [1.54, 1.807) is 0 Å². The van der Waals surface area contributed by atoms with Gasteiger partial charge in [0.1, 0.15) is 5.75 Å². The fourth-order valence-corrected chi connectivity index (χ4v) is 2.75. The molecule has 0 fully saturated rings.